The molecular weight excluding hydrogens is 348 g/mol. The molecule has 3 rings (SSSR count). The van der Waals surface area contributed by atoms with Crippen LogP contribution in [0.15, 0.2) is 72.8 Å². The number of rotatable bonds is 6. The molecule has 0 radical (unpaired) electrons. The van der Waals surface area contributed by atoms with Gasteiger partial charge in [-0.25, -0.2) is 9.59 Å². The highest BCUT2D eigenvalue weighted by Crippen LogP contribution is 2.19. The van der Waals surface area contributed by atoms with Crippen molar-refractivity contribution in [1.29, 1.82) is 0 Å². The Morgan fingerprint density at radius 2 is 1.48 bits per heavy atom. The lowest BCUT2D eigenvalue weighted by Crippen LogP contribution is -2.42. The highest BCUT2D eigenvalue weighted by Gasteiger charge is 2.31. The smallest absolute Gasteiger partial charge is 0.338 e. The minimum Gasteiger partial charge on any atom is -0.459 e. The first-order valence-electron chi connectivity index (χ1n) is 8.52. The van der Waals surface area contributed by atoms with Crippen LogP contribution >= 0.6 is 0 Å². The maximum atomic E-state index is 12.3. The number of benzene rings is 2. The highest BCUT2D eigenvalue weighted by molar-refractivity contribution is 5.90. The maximum Gasteiger partial charge on any atom is 0.338 e. The van der Waals surface area contributed by atoms with Crippen LogP contribution in [-0.2, 0) is 18.9 Å². The van der Waals surface area contributed by atoms with Crippen molar-refractivity contribution < 1.29 is 28.5 Å². The van der Waals surface area contributed by atoms with Gasteiger partial charge in [0.2, 0.25) is 0 Å². The molecule has 0 N–H and O–H groups in total. The van der Waals surface area contributed by atoms with Gasteiger partial charge in [0.25, 0.3) is 0 Å². The van der Waals surface area contributed by atoms with Gasteiger partial charge in [-0.3, -0.25) is 0 Å². The molecule has 0 saturated carbocycles. The first-order valence-corrected chi connectivity index (χ1v) is 8.52. The molecule has 2 aromatic rings. The fourth-order valence-corrected chi connectivity index (χ4v) is 2.58. The Balaban J connectivity index is 1.65. The van der Waals surface area contributed by atoms with Crippen molar-refractivity contribution in [2.45, 2.75) is 18.5 Å². The standard InChI is InChI=1S/C21H20O6/c1-24-19-13-12-17(27-21(23)16-10-6-3-7-11-16)18(26-19)14-25-20(22)15-8-4-2-5-9-15/h2-13,17-19H,14H2,1H3. The van der Waals surface area contributed by atoms with Crippen LogP contribution < -0.4 is 0 Å². The fourth-order valence-electron chi connectivity index (χ4n) is 2.58. The van der Waals surface area contributed by atoms with E-state index < -0.39 is 30.4 Å². The number of carbonyl (C=O) groups is 2. The second-order valence-electron chi connectivity index (χ2n) is 5.86. The van der Waals surface area contributed by atoms with Crippen molar-refractivity contribution in [2.24, 2.45) is 0 Å². The summed E-state index contributed by atoms with van der Waals surface area (Å²) >= 11 is 0. The van der Waals surface area contributed by atoms with Crippen molar-refractivity contribution in [3.63, 3.8) is 0 Å². The van der Waals surface area contributed by atoms with Crippen molar-refractivity contribution >= 4 is 11.9 Å². The molecule has 0 fully saturated rings. The number of hydrogen-bond donors (Lipinski definition) is 0. The predicted molar refractivity (Wildman–Crippen MR) is 97.2 cm³/mol. The molecule has 0 aromatic heterocycles. The lowest BCUT2D eigenvalue weighted by atomic mass is 10.1. The number of hydrogen-bond acceptors (Lipinski definition) is 6. The van der Waals surface area contributed by atoms with Gasteiger partial charge in [-0.15, -0.1) is 0 Å². The van der Waals surface area contributed by atoms with Crippen LogP contribution in [-0.4, -0.2) is 44.2 Å². The average molecular weight is 368 g/mol. The first-order chi connectivity index (χ1) is 13.2. The van der Waals surface area contributed by atoms with Gasteiger partial charge in [-0.2, -0.15) is 0 Å². The molecule has 6 heteroatoms. The van der Waals surface area contributed by atoms with Crippen LogP contribution in [0.25, 0.3) is 0 Å². The minimum absolute atomic E-state index is 0.0787. The zero-order valence-corrected chi connectivity index (χ0v) is 14.8. The second-order valence-corrected chi connectivity index (χ2v) is 5.86. The highest BCUT2D eigenvalue weighted by atomic mass is 16.7. The molecular formula is C21H20O6. The summed E-state index contributed by atoms with van der Waals surface area (Å²) in [5.74, 6) is -0.958. The Hall–Kier alpha value is -2.96. The van der Waals surface area contributed by atoms with Gasteiger partial charge in [0.05, 0.1) is 11.1 Å². The van der Waals surface area contributed by atoms with Crippen LogP contribution in [0.3, 0.4) is 0 Å². The summed E-state index contributed by atoms with van der Waals surface area (Å²) in [6, 6.07) is 17.3. The van der Waals surface area contributed by atoms with E-state index in [1.807, 2.05) is 12.1 Å². The van der Waals surface area contributed by atoms with E-state index in [0.717, 1.165) is 0 Å². The lowest BCUT2D eigenvalue weighted by Gasteiger charge is -2.31. The summed E-state index contributed by atoms with van der Waals surface area (Å²) in [4.78, 5) is 24.5. The molecule has 0 aliphatic carbocycles. The molecule has 140 valence electrons. The largest absolute Gasteiger partial charge is 0.459 e. The van der Waals surface area contributed by atoms with E-state index in [1.54, 1.807) is 60.7 Å². The number of ether oxygens (including phenoxy) is 4. The fraction of sp³-hybridized carbons (Fsp3) is 0.238. The van der Waals surface area contributed by atoms with Crippen LogP contribution in [0.5, 0.6) is 0 Å². The second kappa shape index (κ2) is 9.12. The Bertz CT molecular complexity index is 787. The molecule has 1 heterocycles. The van der Waals surface area contributed by atoms with Gasteiger partial charge < -0.3 is 18.9 Å². The summed E-state index contributed by atoms with van der Waals surface area (Å²) < 4.78 is 21.7. The summed E-state index contributed by atoms with van der Waals surface area (Å²) in [7, 11) is 1.50. The Morgan fingerprint density at radius 3 is 2.07 bits per heavy atom. The van der Waals surface area contributed by atoms with Gasteiger partial charge in [0, 0.05) is 7.11 Å². The van der Waals surface area contributed by atoms with E-state index in [4.69, 9.17) is 18.9 Å². The number of methoxy groups -OCH3 is 1. The van der Waals surface area contributed by atoms with E-state index in [2.05, 4.69) is 0 Å². The van der Waals surface area contributed by atoms with Gasteiger partial charge in [0.1, 0.15) is 12.7 Å². The Morgan fingerprint density at radius 1 is 0.889 bits per heavy atom. The molecule has 3 unspecified atom stereocenters. The Kier molecular flexibility index (Phi) is 6.35. The van der Waals surface area contributed by atoms with Crippen molar-refractivity contribution in [3.05, 3.63) is 83.9 Å². The SMILES string of the molecule is COC1C=CC(OC(=O)c2ccccc2)C(COC(=O)c2ccccc2)O1. The lowest BCUT2D eigenvalue weighted by molar-refractivity contribution is -0.169. The predicted octanol–water partition coefficient (Wildman–Crippen LogP) is 3.00. The summed E-state index contributed by atoms with van der Waals surface area (Å²) in [5.41, 5.74) is 0.866. The van der Waals surface area contributed by atoms with E-state index in [1.165, 1.54) is 7.11 Å². The van der Waals surface area contributed by atoms with Gasteiger partial charge >= 0.3 is 11.9 Å². The number of carbonyl (C=O) groups excluding carboxylic acids is 2. The Labute approximate surface area is 157 Å². The number of esters is 2. The molecule has 0 saturated heterocycles. The average Bonchev–Trinajstić information content (AvgIpc) is 2.74. The quantitative estimate of drug-likeness (QED) is 0.577. The molecule has 1 aliphatic rings. The van der Waals surface area contributed by atoms with Crippen molar-refractivity contribution in [2.75, 3.05) is 13.7 Å². The first kappa shape index (κ1) is 18.8. The van der Waals surface area contributed by atoms with Crippen LogP contribution in [0.1, 0.15) is 20.7 Å². The van der Waals surface area contributed by atoms with Crippen molar-refractivity contribution in [3.8, 4) is 0 Å². The summed E-state index contributed by atoms with van der Waals surface area (Å²) in [6.45, 7) is -0.0787. The molecule has 0 amide bonds. The third-order valence-corrected chi connectivity index (χ3v) is 4.01. The summed E-state index contributed by atoms with van der Waals surface area (Å²) in [6.07, 6.45) is 1.35. The molecule has 3 atom stereocenters. The van der Waals surface area contributed by atoms with Crippen LogP contribution in [0, 0.1) is 0 Å². The molecule has 2 aromatic carbocycles. The van der Waals surface area contributed by atoms with E-state index in [0.29, 0.717) is 11.1 Å². The van der Waals surface area contributed by atoms with E-state index in [-0.39, 0.29) is 6.61 Å². The third kappa shape index (κ3) is 5.03. The molecule has 0 spiro atoms. The topological polar surface area (TPSA) is 71.1 Å². The molecule has 27 heavy (non-hydrogen) atoms. The molecule has 0 bridgehead atoms. The maximum absolute atomic E-state index is 12.3. The van der Waals surface area contributed by atoms with Gasteiger partial charge in [0.15, 0.2) is 12.4 Å². The van der Waals surface area contributed by atoms with E-state index >= 15 is 0 Å². The van der Waals surface area contributed by atoms with Crippen LogP contribution in [0.2, 0.25) is 0 Å². The van der Waals surface area contributed by atoms with Crippen molar-refractivity contribution in [1.82, 2.24) is 0 Å². The normalized spacial score (nSPS) is 21.4. The monoisotopic (exact) mass is 368 g/mol. The van der Waals surface area contributed by atoms with E-state index in [9.17, 15) is 9.59 Å². The van der Waals surface area contributed by atoms with Gasteiger partial charge in [-0.1, -0.05) is 36.4 Å². The zero-order valence-electron chi connectivity index (χ0n) is 14.8. The molecule has 1 aliphatic heterocycles. The van der Waals surface area contributed by atoms with Gasteiger partial charge in [-0.05, 0) is 36.4 Å². The minimum atomic E-state index is -0.701. The molecule has 6 nitrogen and oxygen atoms in total. The zero-order chi connectivity index (χ0) is 19.1. The van der Waals surface area contributed by atoms with Crippen LogP contribution in [0.4, 0.5) is 0 Å². The summed E-state index contributed by atoms with van der Waals surface area (Å²) in [5, 5.41) is 0. The third-order valence-electron chi connectivity index (χ3n) is 4.01.